The first-order chi connectivity index (χ1) is 55.3. The van der Waals surface area contributed by atoms with Gasteiger partial charge in [0.2, 0.25) is 0 Å². The van der Waals surface area contributed by atoms with Gasteiger partial charge in [0.1, 0.15) is 17.3 Å². The van der Waals surface area contributed by atoms with E-state index in [4.69, 9.17) is 25.2 Å². The van der Waals surface area contributed by atoms with Gasteiger partial charge in [-0.25, -0.2) is 0 Å². The molecule has 0 amide bonds. The molecule has 0 spiro atoms. The summed E-state index contributed by atoms with van der Waals surface area (Å²) in [5.74, 6) is -5.38. The molecule has 6 aromatic rings. The normalized spacial score (nSPS) is 14.4. The maximum absolute atomic E-state index is 11.6. The standard InChI is InChI=1S/C28H54N8O.C27H34N2O7.C16H22N2O6.C15H19N3/c1-25(2)37-24-28-20-26(22-35-15-11-31-7-3-29-4-8-32-12-16-35)19-27(21-28)23-36-17-13-33-9-5-30-6-10-34-14-18-36;1-20(30)14-28(17-25(31)32)15-23-12-6-4-10-21(23)8-2-3-9-22-11-5-7-13-24(22)16-29(18-26(33)34)19-27(35)36;1-12(19)8-17(10-15(21)22)6-7-18(11-16(23)24)9-13-4-2-3-5-14(13)20;1-13(2)18(11-14-7-3-5-9-16-14)12-15-8-4-6-10-17-15/h19-21,25,29-34H,3-18,22-24H2,1-2H3;4-7,10-13H,2-3,8-9,14-19H2,1H3,(H,31,32)(H,33,34)(H,35,36);2-5,20H,6-11H2,1H3,(H,21,22)(H,23,24);3-10,13H,11-12H2,1-2H3. The molecule has 115 heavy (non-hydrogen) atoms. The lowest BCUT2D eigenvalue weighted by Gasteiger charge is -2.26. The van der Waals surface area contributed by atoms with E-state index in [9.17, 15) is 43.8 Å². The highest BCUT2D eigenvalue weighted by molar-refractivity contribution is 5.79. The monoisotopic (exact) mass is 1600 g/mol. The molecule has 29 heteroatoms. The number of aliphatic carboxylic acids is 5. The van der Waals surface area contributed by atoms with Crippen molar-refractivity contribution in [3.05, 3.63) is 196 Å². The second-order valence-electron chi connectivity index (χ2n) is 29.7. The van der Waals surface area contributed by atoms with Gasteiger partial charge in [-0.05, 0) is 137 Å². The Morgan fingerprint density at radius 1 is 0.400 bits per heavy atom. The van der Waals surface area contributed by atoms with Crippen LogP contribution in [0.5, 0.6) is 5.75 Å². The molecule has 2 aliphatic rings. The SMILES string of the molecule is CC(=O)CN(CC(=O)O)Cc1ccccc1CCCCc1ccccc1CN(CC(=O)O)CC(=O)O.CC(=O)CN(CCN(CC(=O)O)Cc1ccccc1O)CC(=O)O.CC(C)N(Cc1ccccn1)Cc1ccccn1.CC(C)OCc1cc(CN2CCNCCNCCNCC2)cc(CN2CCNCCNCCNCC2)c1. The van der Waals surface area contributed by atoms with Crippen LogP contribution in [-0.4, -0.2) is 292 Å². The van der Waals surface area contributed by atoms with E-state index in [1.54, 1.807) is 28.0 Å². The lowest BCUT2D eigenvalue weighted by Crippen LogP contribution is -2.41. The number of phenolic OH excluding ortho intramolecular Hbond substituents is 1. The number of aromatic hydroxyl groups is 1. The molecule has 0 atom stereocenters. The van der Waals surface area contributed by atoms with Gasteiger partial charge in [0, 0.05) is 188 Å². The number of carbonyl (C=O) groups excluding carboxylic acids is 2. The number of ketones is 2. The topological polar surface area (TPSA) is 371 Å². The smallest absolute Gasteiger partial charge is 0.317 e. The number of benzene rings is 4. The zero-order valence-electron chi connectivity index (χ0n) is 68.6. The number of pyridine rings is 2. The van der Waals surface area contributed by atoms with Crippen LogP contribution in [0.25, 0.3) is 0 Å². The summed E-state index contributed by atoms with van der Waals surface area (Å²) in [6, 6.07) is 41.8. The van der Waals surface area contributed by atoms with Crippen LogP contribution in [0, 0.1) is 0 Å². The molecule has 8 rings (SSSR count). The summed E-state index contributed by atoms with van der Waals surface area (Å²) in [7, 11) is 0. The van der Waals surface area contributed by atoms with Crippen LogP contribution in [0.2, 0.25) is 0 Å². The Morgan fingerprint density at radius 3 is 1.10 bits per heavy atom. The number of aryl methyl sites for hydroxylation is 2. The van der Waals surface area contributed by atoms with Gasteiger partial charge in [-0.15, -0.1) is 0 Å². The number of nitrogens with zero attached hydrogens (tertiary/aromatic N) is 9. The molecule has 4 heterocycles. The highest BCUT2D eigenvalue weighted by atomic mass is 16.5. The molecule has 0 bridgehead atoms. The molecule has 29 nitrogen and oxygen atoms in total. The number of ether oxygens (including phenoxy) is 1. The van der Waals surface area contributed by atoms with Crippen molar-refractivity contribution >= 4 is 41.4 Å². The van der Waals surface area contributed by atoms with Crippen molar-refractivity contribution < 1.29 is 68.9 Å². The number of hydrogen-bond acceptors (Lipinski definition) is 24. The number of rotatable bonds is 40. The molecular formula is C86H129N15O14. The summed E-state index contributed by atoms with van der Waals surface area (Å²) >= 11 is 0. The van der Waals surface area contributed by atoms with Crippen molar-refractivity contribution in [3.63, 3.8) is 0 Å². The van der Waals surface area contributed by atoms with Crippen molar-refractivity contribution in [1.82, 2.24) is 76.2 Å². The van der Waals surface area contributed by atoms with Crippen LogP contribution in [0.1, 0.15) is 110 Å². The van der Waals surface area contributed by atoms with Gasteiger partial charge in [-0.2, -0.15) is 0 Å². The molecule has 0 radical (unpaired) electrons. The zero-order chi connectivity index (χ0) is 83.4. The number of para-hydroxylation sites is 1. The summed E-state index contributed by atoms with van der Waals surface area (Å²) in [6.45, 7) is 32.2. The predicted molar refractivity (Wildman–Crippen MR) is 446 cm³/mol. The Kier molecular flexibility index (Phi) is 48.1. The maximum atomic E-state index is 11.6. The third-order valence-electron chi connectivity index (χ3n) is 18.7. The van der Waals surface area contributed by atoms with E-state index < -0.39 is 29.8 Å². The molecule has 2 saturated heterocycles. The number of Topliss-reactive ketones (excluding diaryl/α,β-unsaturated/α-hetero) is 2. The number of nitrogens with one attached hydrogen (secondary N) is 6. The summed E-state index contributed by atoms with van der Waals surface area (Å²) in [5, 5.41) is 76.4. The highest BCUT2D eigenvalue weighted by Gasteiger charge is 2.21. The average molecular weight is 1600 g/mol. The molecular weight excluding hydrogens is 1470 g/mol. The fourth-order valence-corrected chi connectivity index (χ4v) is 13.2. The van der Waals surface area contributed by atoms with E-state index in [-0.39, 0.29) is 95.4 Å². The first-order valence-electron chi connectivity index (χ1n) is 40.2. The molecule has 4 aromatic carbocycles. The Hall–Kier alpha value is -8.89. The Labute approximate surface area is 680 Å². The van der Waals surface area contributed by atoms with E-state index in [1.165, 1.54) is 46.4 Å². The number of aromatic nitrogens is 2. The molecule has 12 N–H and O–H groups in total. The highest BCUT2D eigenvalue weighted by Crippen LogP contribution is 2.22. The summed E-state index contributed by atoms with van der Waals surface area (Å²) in [4.78, 5) is 100. The van der Waals surface area contributed by atoms with Crippen molar-refractivity contribution in [3.8, 4) is 5.75 Å². The summed E-state index contributed by atoms with van der Waals surface area (Å²) < 4.78 is 6.02. The van der Waals surface area contributed by atoms with Crippen LogP contribution in [0.3, 0.4) is 0 Å². The van der Waals surface area contributed by atoms with Gasteiger partial charge in [0.05, 0.1) is 69.9 Å². The summed E-state index contributed by atoms with van der Waals surface area (Å²) in [6.07, 6.45) is 7.23. The van der Waals surface area contributed by atoms with Gasteiger partial charge in [-0.1, -0.05) is 97.1 Å². The van der Waals surface area contributed by atoms with Crippen molar-refractivity contribution in [1.29, 1.82) is 0 Å². The number of carboxylic acid groups (broad SMARTS) is 5. The van der Waals surface area contributed by atoms with Crippen LogP contribution in [0.4, 0.5) is 0 Å². The van der Waals surface area contributed by atoms with E-state index in [2.05, 4.69) is 115 Å². The molecule has 0 saturated carbocycles. The minimum absolute atomic E-state index is 0.0101. The van der Waals surface area contributed by atoms with Gasteiger partial charge in [-0.3, -0.25) is 77.8 Å². The van der Waals surface area contributed by atoms with Crippen LogP contribution >= 0.6 is 0 Å². The van der Waals surface area contributed by atoms with Crippen LogP contribution in [0.15, 0.2) is 140 Å². The maximum Gasteiger partial charge on any atom is 0.317 e. The largest absolute Gasteiger partial charge is 0.508 e. The van der Waals surface area contributed by atoms with Crippen molar-refractivity contribution in [2.24, 2.45) is 0 Å². The van der Waals surface area contributed by atoms with Crippen LogP contribution < -0.4 is 31.9 Å². The molecule has 0 unspecified atom stereocenters. The average Bonchev–Trinajstić information content (AvgIpc) is 0.868. The second-order valence-corrected chi connectivity index (χ2v) is 29.7. The molecule has 632 valence electrons. The Balaban J connectivity index is 0.000000283. The van der Waals surface area contributed by atoms with Crippen molar-refractivity contribution in [2.75, 3.05) is 164 Å². The number of hydrogen-bond donors (Lipinski definition) is 12. The zero-order valence-corrected chi connectivity index (χ0v) is 68.6. The number of carboxylic acids is 5. The van der Waals surface area contributed by atoms with Gasteiger partial charge < -0.3 is 67.3 Å². The lowest BCUT2D eigenvalue weighted by atomic mass is 9.97. The Bertz CT molecular complexity index is 3520. The van der Waals surface area contributed by atoms with E-state index in [0.717, 1.165) is 190 Å². The predicted octanol–water partition coefficient (Wildman–Crippen LogP) is 5.62. The first-order valence-corrected chi connectivity index (χ1v) is 40.2. The lowest BCUT2D eigenvalue weighted by molar-refractivity contribution is -0.143. The minimum atomic E-state index is -1.07. The molecule has 0 aliphatic carbocycles. The third-order valence-corrected chi connectivity index (χ3v) is 18.7. The fraction of sp³-hybridized carbons (Fsp3) is 0.523. The fourth-order valence-electron chi connectivity index (χ4n) is 13.2. The van der Waals surface area contributed by atoms with E-state index in [0.29, 0.717) is 24.8 Å². The van der Waals surface area contributed by atoms with Gasteiger partial charge in [0.25, 0.3) is 0 Å². The molecule has 2 aliphatic heterocycles. The summed E-state index contributed by atoms with van der Waals surface area (Å²) in [5.41, 5.74) is 10.9. The van der Waals surface area contributed by atoms with Crippen molar-refractivity contribution in [2.45, 2.75) is 132 Å². The molecule has 2 aromatic heterocycles. The number of phenols is 1. The number of carbonyl (C=O) groups is 7. The Morgan fingerprint density at radius 2 is 0.730 bits per heavy atom. The number of unbranched alkanes of at least 4 members (excludes halogenated alkanes) is 1. The third kappa shape index (κ3) is 45.3. The van der Waals surface area contributed by atoms with Gasteiger partial charge in [0.15, 0.2) is 0 Å². The first kappa shape index (κ1) is 96.7. The second kappa shape index (κ2) is 57.2. The van der Waals surface area contributed by atoms with E-state index in [1.807, 2.05) is 85.2 Å². The molecule has 2 fully saturated rings. The van der Waals surface area contributed by atoms with E-state index >= 15 is 0 Å². The minimum Gasteiger partial charge on any atom is -0.508 e. The van der Waals surface area contributed by atoms with Crippen LogP contribution in [-0.2, 0) is 104 Å². The quantitative estimate of drug-likeness (QED) is 0.0208. The van der Waals surface area contributed by atoms with Gasteiger partial charge >= 0.3 is 29.8 Å².